The maximum Gasteiger partial charge on any atom is 0.314 e. The predicted molar refractivity (Wildman–Crippen MR) is 203 cm³/mol. The Morgan fingerprint density at radius 1 is 0.929 bits per heavy atom. The van der Waals surface area contributed by atoms with Crippen LogP contribution in [-0.2, 0) is 47.4 Å². The van der Waals surface area contributed by atoms with Crippen LogP contribution in [0.15, 0.2) is 23.8 Å². The fourth-order valence-electron chi connectivity index (χ4n) is 8.59. The van der Waals surface area contributed by atoms with Gasteiger partial charge >= 0.3 is 5.97 Å². The molecule has 4 N–H and O–H groups in total. The summed E-state index contributed by atoms with van der Waals surface area (Å²) < 4.78 is 55.6. The topological polar surface area (TPSA) is 181 Å². The van der Waals surface area contributed by atoms with Crippen LogP contribution in [0.1, 0.15) is 74.7 Å². The lowest BCUT2D eigenvalue weighted by molar-refractivity contribution is -0.405. The Bertz CT molecular complexity index is 1500. The third-order valence-electron chi connectivity index (χ3n) is 12.5. The van der Waals surface area contributed by atoms with Gasteiger partial charge in [-0.15, -0.1) is 11.6 Å². The number of aliphatic hydroxyl groups is 4. The Kier molecular flexibility index (Phi) is 14.5. The molecule has 0 aromatic heterocycles. The lowest BCUT2D eigenvalue weighted by Crippen LogP contribution is -2.72. The van der Waals surface area contributed by atoms with Gasteiger partial charge in [0.2, 0.25) is 0 Å². The van der Waals surface area contributed by atoms with E-state index in [9.17, 15) is 25.2 Å². The third kappa shape index (κ3) is 9.21. The summed E-state index contributed by atoms with van der Waals surface area (Å²) in [5.41, 5.74) is -2.42. The van der Waals surface area contributed by atoms with E-state index >= 15 is 0 Å². The van der Waals surface area contributed by atoms with Gasteiger partial charge in [-0.05, 0) is 60.1 Å². The van der Waals surface area contributed by atoms with Crippen molar-refractivity contribution in [2.75, 3.05) is 21.3 Å². The summed E-state index contributed by atoms with van der Waals surface area (Å²) in [6.45, 7) is 13.7. The average Bonchev–Trinajstić information content (AvgIpc) is 3.85. The molecule has 1 aliphatic carbocycles. The van der Waals surface area contributed by atoms with Gasteiger partial charge in [-0.25, -0.2) is 0 Å². The van der Waals surface area contributed by atoms with E-state index < -0.39 is 102 Å². The van der Waals surface area contributed by atoms with Crippen LogP contribution in [0.4, 0.5) is 0 Å². The van der Waals surface area contributed by atoms with Crippen molar-refractivity contribution in [1.29, 1.82) is 0 Å². The Labute approximate surface area is 336 Å². The molecule has 3 saturated heterocycles. The highest BCUT2D eigenvalue weighted by atomic mass is 35.5. The molecule has 14 nitrogen and oxygen atoms in total. The monoisotopic (exact) mass is 814 g/mol. The number of hydrogen-bond donors (Lipinski definition) is 4. The van der Waals surface area contributed by atoms with Crippen LogP contribution < -0.4 is 0 Å². The molecule has 2 bridgehead atoms. The zero-order chi connectivity index (χ0) is 41.5. The molecule has 15 heteroatoms. The number of alkyl halides is 1. The van der Waals surface area contributed by atoms with E-state index in [1.807, 2.05) is 26.8 Å². The number of hydrogen-bond acceptors (Lipinski definition) is 14. The largest absolute Gasteiger partial charge is 0.457 e. The molecule has 318 valence electrons. The van der Waals surface area contributed by atoms with Gasteiger partial charge in [0.1, 0.15) is 47.6 Å². The van der Waals surface area contributed by atoms with Gasteiger partial charge in [0.25, 0.3) is 0 Å². The van der Waals surface area contributed by atoms with Crippen molar-refractivity contribution in [2.45, 2.75) is 171 Å². The minimum absolute atomic E-state index is 0.0702. The van der Waals surface area contributed by atoms with Gasteiger partial charge in [0.15, 0.2) is 18.4 Å². The minimum atomic E-state index is -2.04. The molecule has 0 amide bonds. The Morgan fingerprint density at radius 2 is 1.55 bits per heavy atom. The molecule has 4 aliphatic heterocycles. The number of cyclic esters (lactones) is 1. The van der Waals surface area contributed by atoms with Crippen LogP contribution >= 0.6 is 11.6 Å². The first-order valence-corrected chi connectivity index (χ1v) is 20.1. The number of carbonyl (C=O) groups excluding carboxylic acids is 1. The molecule has 56 heavy (non-hydrogen) atoms. The van der Waals surface area contributed by atoms with Gasteiger partial charge in [0.05, 0.1) is 30.5 Å². The maximum atomic E-state index is 13.8. The zero-order valence-corrected chi connectivity index (χ0v) is 35.2. The molecule has 4 fully saturated rings. The molecule has 20 atom stereocenters. The van der Waals surface area contributed by atoms with Crippen LogP contribution in [0.3, 0.4) is 0 Å². The molecular formula is C41H63ClO14. The normalized spacial score (nSPS) is 51.1. The smallest absolute Gasteiger partial charge is 0.314 e. The average molecular weight is 815 g/mol. The SMILES string of the molecule is CO[C@@H]1/C=C(\C)C[C@H](/C=C/C#C[C@H]2C[C@@H]2Cl)OC(=O)[C@@H](C)[C@]2(O)C[C@H](O[C@@H]3O[C@@H](C)[C@H](O)[C@@](C)(O[C@@H]4O[C@@H](C)[C@@H](O)[C@@](C)(O)[C@H]4OC)[C@H]3OC)[C@@H](C)[C@@H](O2)[C@@H]1C. The Balaban J connectivity index is 1.44. The summed E-state index contributed by atoms with van der Waals surface area (Å²) >= 11 is 6.09. The number of halogens is 1. The highest BCUT2D eigenvalue weighted by Crippen LogP contribution is 2.45. The molecule has 5 aliphatic rings. The van der Waals surface area contributed by atoms with Crippen molar-refractivity contribution >= 4 is 17.6 Å². The molecule has 5 rings (SSSR count). The van der Waals surface area contributed by atoms with Crippen molar-refractivity contribution in [2.24, 2.45) is 23.7 Å². The van der Waals surface area contributed by atoms with E-state index in [1.54, 1.807) is 47.0 Å². The maximum absolute atomic E-state index is 13.8. The summed E-state index contributed by atoms with van der Waals surface area (Å²) in [6.07, 6.45) is -5.04. The summed E-state index contributed by atoms with van der Waals surface area (Å²) in [7, 11) is 4.40. The van der Waals surface area contributed by atoms with E-state index in [4.69, 9.17) is 54.2 Å². The summed E-state index contributed by atoms with van der Waals surface area (Å²) in [5.74, 6) is 1.71. The van der Waals surface area contributed by atoms with E-state index in [0.29, 0.717) is 6.42 Å². The second-order valence-corrected chi connectivity index (χ2v) is 17.4. The van der Waals surface area contributed by atoms with Crippen LogP contribution in [0.25, 0.3) is 0 Å². The Hall–Kier alpha value is -1.68. The van der Waals surface area contributed by atoms with Crippen molar-refractivity contribution < 1.29 is 67.9 Å². The van der Waals surface area contributed by atoms with Crippen LogP contribution in [0.5, 0.6) is 0 Å². The zero-order valence-electron chi connectivity index (χ0n) is 34.4. The molecule has 1 saturated carbocycles. The first-order valence-electron chi connectivity index (χ1n) is 19.6. The molecule has 4 heterocycles. The van der Waals surface area contributed by atoms with Crippen molar-refractivity contribution in [1.82, 2.24) is 0 Å². The van der Waals surface area contributed by atoms with Crippen LogP contribution in [0.2, 0.25) is 0 Å². The highest BCUT2D eigenvalue weighted by Gasteiger charge is 2.61. The van der Waals surface area contributed by atoms with E-state index in [-0.39, 0.29) is 29.6 Å². The van der Waals surface area contributed by atoms with Gasteiger partial charge in [-0.2, -0.15) is 0 Å². The Morgan fingerprint density at radius 3 is 2.16 bits per heavy atom. The quantitative estimate of drug-likeness (QED) is 0.122. The molecule has 0 aromatic rings. The first-order chi connectivity index (χ1) is 26.2. The summed E-state index contributed by atoms with van der Waals surface area (Å²) in [6, 6.07) is 0. The molecule has 0 radical (unpaired) electrons. The van der Waals surface area contributed by atoms with E-state index in [1.165, 1.54) is 21.1 Å². The highest BCUT2D eigenvalue weighted by molar-refractivity contribution is 6.22. The number of carbonyl (C=O) groups is 1. The third-order valence-corrected chi connectivity index (χ3v) is 13.0. The lowest BCUT2D eigenvalue weighted by atomic mass is 9.77. The van der Waals surface area contributed by atoms with E-state index in [2.05, 4.69) is 11.8 Å². The predicted octanol–water partition coefficient (Wildman–Crippen LogP) is 2.99. The number of methoxy groups -OCH3 is 3. The second kappa shape index (κ2) is 17.9. The standard InChI is InChI=1S/C41H63ClO14/c1-20-16-27(15-13-12-14-26-18-28(26)42)53-36(45)23(4)41(47)19-30(22(3)31(55-41)21(2)29(17-20)48-9)54-37-35(50-11)40(8,33(44)25(6)51-37)56-38-34(49-10)39(7,46)32(43)24(5)52-38/h13,15,17,21-35,37-38,43-44,46-47H,16,18-19H2,1-11H3/b15-13+,20-17+/t21-,22-,23-,24+,25+,26+,27+,28+,29-,30+,31+,32-,33+,34+,35+,37+,38+,39-,40-,41+/m1/s1. The number of aliphatic hydroxyl groups excluding tert-OH is 2. The summed E-state index contributed by atoms with van der Waals surface area (Å²) in [5, 5.41) is 46.0. The fraction of sp³-hybridized carbons (Fsp3) is 0.829. The second-order valence-electron chi connectivity index (χ2n) is 16.8. The van der Waals surface area contributed by atoms with Gasteiger partial charge in [-0.3, -0.25) is 4.79 Å². The minimum Gasteiger partial charge on any atom is -0.457 e. The lowest BCUT2D eigenvalue weighted by Gasteiger charge is -2.55. The summed E-state index contributed by atoms with van der Waals surface area (Å²) in [4.78, 5) is 13.8. The molecule has 0 spiro atoms. The number of esters is 1. The number of fused-ring (bicyclic) bond motifs is 2. The van der Waals surface area contributed by atoms with Crippen molar-refractivity contribution in [3.63, 3.8) is 0 Å². The van der Waals surface area contributed by atoms with Gasteiger partial charge in [-0.1, -0.05) is 37.3 Å². The van der Waals surface area contributed by atoms with Crippen molar-refractivity contribution in [3.05, 3.63) is 23.8 Å². The first kappa shape index (κ1) is 45.4. The van der Waals surface area contributed by atoms with E-state index in [0.717, 1.165) is 12.0 Å². The number of rotatable bonds is 8. The number of ether oxygens (including phenoxy) is 9. The fourth-order valence-corrected chi connectivity index (χ4v) is 8.85. The van der Waals surface area contributed by atoms with Crippen molar-refractivity contribution in [3.8, 4) is 11.8 Å². The van der Waals surface area contributed by atoms with Gasteiger partial charge < -0.3 is 63.1 Å². The number of allylic oxidation sites excluding steroid dienone is 1. The van der Waals surface area contributed by atoms with Crippen LogP contribution in [0, 0.1) is 35.5 Å². The van der Waals surface area contributed by atoms with Crippen LogP contribution in [-0.4, -0.2) is 144 Å². The molecule has 0 aromatic carbocycles. The van der Waals surface area contributed by atoms with Gasteiger partial charge in [0, 0.05) is 57.3 Å². The molecule has 0 unspecified atom stereocenters. The molecular weight excluding hydrogens is 752 g/mol.